The van der Waals surface area contributed by atoms with Crippen LogP contribution < -0.4 is 4.90 Å². The van der Waals surface area contributed by atoms with Gasteiger partial charge in [0.05, 0.1) is 11.8 Å². The summed E-state index contributed by atoms with van der Waals surface area (Å²) in [6.07, 6.45) is 5.32. The van der Waals surface area contributed by atoms with Gasteiger partial charge in [-0.15, -0.1) is 0 Å². The SMILES string of the molecule is O=C(CCN1C(=O)[C@@H]2CC=CC[C@H]2C1=O)N1CCN(c2ccc(F)cc2)CC1. The van der Waals surface area contributed by atoms with E-state index in [0.717, 1.165) is 5.69 Å². The van der Waals surface area contributed by atoms with E-state index in [1.165, 1.54) is 17.0 Å². The number of anilines is 1. The van der Waals surface area contributed by atoms with Gasteiger partial charge in [0.2, 0.25) is 17.7 Å². The third-order valence-electron chi connectivity index (χ3n) is 5.97. The molecule has 1 aromatic carbocycles. The first kappa shape index (κ1) is 18.7. The summed E-state index contributed by atoms with van der Waals surface area (Å²) in [7, 11) is 0. The molecule has 4 rings (SSSR count). The predicted molar refractivity (Wildman–Crippen MR) is 102 cm³/mol. The molecule has 7 heteroatoms. The number of halogens is 1. The van der Waals surface area contributed by atoms with Gasteiger partial charge in [-0.05, 0) is 37.1 Å². The van der Waals surface area contributed by atoms with E-state index in [9.17, 15) is 18.8 Å². The molecule has 2 aliphatic heterocycles. The van der Waals surface area contributed by atoms with Crippen LogP contribution in [0.3, 0.4) is 0 Å². The summed E-state index contributed by atoms with van der Waals surface area (Å²) < 4.78 is 13.1. The molecule has 2 heterocycles. The zero-order valence-corrected chi connectivity index (χ0v) is 15.7. The number of piperazine rings is 1. The number of carbonyl (C=O) groups excluding carboxylic acids is 3. The van der Waals surface area contributed by atoms with Gasteiger partial charge < -0.3 is 9.80 Å². The van der Waals surface area contributed by atoms with E-state index >= 15 is 0 Å². The molecule has 0 aromatic heterocycles. The smallest absolute Gasteiger partial charge is 0.233 e. The van der Waals surface area contributed by atoms with Crippen molar-refractivity contribution >= 4 is 23.4 Å². The minimum absolute atomic E-state index is 0.0349. The Kier molecular flexibility index (Phi) is 5.15. The van der Waals surface area contributed by atoms with Crippen LogP contribution in [-0.4, -0.2) is 60.2 Å². The molecule has 1 aliphatic carbocycles. The maximum atomic E-state index is 13.1. The molecule has 0 bridgehead atoms. The highest BCUT2D eigenvalue weighted by Gasteiger charge is 2.47. The molecule has 0 saturated carbocycles. The molecular weight excluding hydrogens is 361 g/mol. The van der Waals surface area contributed by atoms with E-state index in [0.29, 0.717) is 39.0 Å². The van der Waals surface area contributed by atoms with Gasteiger partial charge in [0.15, 0.2) is 0 Å². The van der Waals surface area contributed by atoms with Crippen molar-refractivity contribution in [2.75, 3.05) is 37.6 Å². The highest BCUT2D eigenvalue weighted by Crippen LogP contribution is 2.35. The first-order valence-electron chi connectivity index (χ1n) is 9.83. The number of hydrogen-bond donors (Lipinski definition) is 0. The van der Waals surface area contributed by atoms with Gasteiger partial charge in [0.1, 0.15) is 5.82 Å². The molecule has 0 N–H and O–H groups in total. The number of allylic oxidation sites excluding steroid dienone is 2. The lowest BCUT2D eigenvalue weighted by Gasteiger charge is -2.36. The molecular formula is C21H24FN3O3. The summed E-state index contributed by atoms with van der Waals surface area (Å²) in [6, 6.07) is 6.35. The molecule has 28 heavy (non-hydrogen) atoms. The number of nitrogens with zero attached hydrogens (tertiary/aromatic N) is 3. The summed E-state index contributed by atoms with van der Waals surface area (Å²) in [5, 5.41) is 0. The predicted octanol–water partition coefficient (Wildman–Crippen LogP) is 1.82. The summed E-state index contributed by atoms with van der Waals surface area (Å²) >= 11 is 0. The highest BCUT2D eigenvalue weighted by molar-refractivity contribution is 6.05. The number of fused-ring (bicyclic) bond motifs is 1. The molecule has 0 radical (unpaired) electrons. The zero-order chi connectivity index (χ0) is 19.7. The third-order valence-corrected chi connectivity index (χ3v) is 5.97. The van der Waals surface area contributed by atoms with Crippen LogP contribution in [0.25, 0.3) is 0 Å². The second-order valence-electron chi connectivity index (χ2n) is 7.58. The number of amides is 3. The maximum Gasteiger partial charge on any atom is 0.233 e. The highest BCUT2D eigenvalue weighted by atomic mass is 19.1. The third kappa shape index (κ3) is 3.53. The van der Waals surface area contributed by atoms with Gasteiger partial charge in [-0.2, -0.15) is 0 Å². The second kappa shape index (κ2) is 7.73. The summed E-state index contributed by atoms with van der Waals surface area (Å²) in [4.78, 5) is 42.7. The van der Waals surface area contributed by atoms with Crippen LogP contribution in [0.1, 0.15) is 19.3 Å². The van der Waals surface area contributed by atoms with Crippen LogP contribution in [0.5, 0.6) is 0 Å². The normalized spacial score (nSPS) is 24.7. The van der Waals surface area contributed by atoms with Crippen molar-refractivity contribution in [3.05, 3.63) is 42.2 Å². The molecule has 2 atom stereocenters. The van der Waals surface area contributed by atoms with E-state index in [2.05, 4.69) is 4.90 Å². The average Bonchev–Trinajstić information content (AvgIpc) is 2.97. The fourth-order valence-electron chi connectivity index (χ4n) is 4.32. The minimum atomic E-state index is -0.265. The van der Waals surface area contributed by atoms with Crippen LogP contribution in [0.15, 0.2) is 36.4 Å². The molecule has 6 nitrogen and oxygen atoms in total. The lowest BCUT2D eigenvalue weighted by Crippen LogP contribution is -2.49. The van der Waals surface area contributed by atoms with E-state index in [-0.39, 0.29) is 48.3 Å². The second-order valence-corrected chi connectivity index (χ2v) is 7.58. The van der Waals surface area contributed by atoms with Crippen LogP contribution in [0.2, 0.25) is 0 Å². The monoisotopic (exact) mass is 385 g/mol. The van der Waals surface area contributed by atoms with E-state index in [1.54, 1.807) is 17.0 Å². The molecule has 3 amide bonds. The first-order chi connectivity index (χ1) is 13.5. The largest absolute Gasteiger partial charge is 0.368 e. The topological polar surface area (TPSA) is 60.9 Å². The molecule has 1 aromatic rings. The van der Waals surface area contributed by atoms with Crippen molar-refractivity contribution in [1.82, 2.24) is 9.80 Å². The Labute approximate surface area is 163 Å². The number of likely N-dealkylation sites (tertiary alicyclic amines) is 1. The molecule has 2 saturated heterocycles. The molecule has 0 spiro atoms. The van der Waals surface area contributed by atoms with Crippen LogP contribution in [0, 0.1) is 17.7 Å². The first-order valence-corrected chi connectivity index (χ1v) is 9.83. The Balaban J connectivity index is 1.28. The van der Waals surface area contributed by atoms with Crippen molar-refractivity contribution in [1.29, 1.82) is 0 Å². The van der Waals surface area contributed by atoms with E-state index in [1.807, 2.05) is 12.2 Å². The molecule has 148 valence electrons. The Morgan fingerprint density at radius 1 is 0.929 bits per heavy atom. The van der Waals surface area contributed by atoms with Crippen molar-refractivity contribution < 1.29 is 18.8 Å². The summed E-state index contributed by atoms with van der Waals surface area (Å²) in [6.45, 7) is 2.67. The Bertz CT molecular complexity index is 774. The van der Waals surface area contributed by atoms with Crippen LogP contribution in [0.4, 0.5) is 10.1 Å². The standard InChI is InChI=1S/C21H24FN3O3/c22-15-5-7-16(8-6-15)23-11-13-24(14-12-23)19(26)9-10-25-20(27)17-3-1-2-4-18(17)21(25)28/h1-2,5-8,17-18H,3-4,9-14H2/t17-,18-/m1/s1. The lowest BCUT2D eigenvalue weighted by atomic mass is 9.85. The summed E-state index contributed by atoms with van der Waals surface area (Å²) in [5.74, 6) is -1.05. The van der Waals surface area contributed by atoms with Gasteiger partial charge in [0.25, 0.3) is 0 Å². The average molecular weight is 385 g/mol. The van der Waals surface area contributed by atoms with E-state index < -0.39 is 0 Å². The lowest BCUT2D eigenvalue weighted by molar-refractivity contribution is -0.140. The Morgan fingerprint density at radius 2 is 1.50 bits per heavy atom. The number of imide groups is 1. The van der Waals surface area contributed by atoms with Crippen molar-refractivity contribution in [2.45, 2.75) is 19.3 Å². The number of rotatable bonds is 4. The Hall–Kier alpha value is -2.70. The van der Waals surface area contributed by atoms with Gasteiger partial charge in [-0.3, -0.25) is 19.3 Å². The number of benzene rings is 1. The van der Waals surface area contributed by atoms with Crippen LogP contribution >= 0.6 is 0 Å². The van der Waals surface area contributed by atoms with Crippen molar-refractivity contribution in [3.8, 4) is 0 Å². The minimum Gasteiger partial charge on any atom is -0.368 e. The molecule has 2 fully saturated rings. The van der Waals surface area contributed by atoms with Gasteiger partial charge in [-0.1, -0.05) is 12.2 Å². The number of hydrogen-bond acceptors (Lipinski definition) is 4. The Morgan fingerprint density at radius 3 is 2.07 bits per heavy atom. The zero-order valence-electron chi connectivity index (χ0n) is 15.7. The van der Waals surface area contributed by atoms with Crippen molar-refractivity contribution in [3.63, 3.8) is 0 Å². The fourth-order valence-corrected chi connectivity index (χ4v) is 4.32. The maximum absolute atomic E-state index is 13.1. The summed E-state index contributed by atoms with van der Waals surface area (Å²) in [5.41, 5.74) is 0.943. The quantitative estimate of drug-likeness (QED) is 0.586. The van der Waals surface area contributed by atoms with Gasteiger partial charge in [0, 0.05) is 44.8 Å². The van der Waals surface area contributed by atoms with Crippen molar-refractivity contribution in [2.24, 2.45) is 11.8 Å². The van der Waals surface area contributed by atoms with Gasteiger partial charge in [-0.25, -0.2) is 4.39 Å². The number of carbonyl (C=O) groups is 3. The van der Waals surface area contributed by atoms with E-state index in [4.69, 9.17) is 0 Å². The van der Waals surface area contributed by atoms with Crippen LogP contribution in [-0.2, 0) is 14.4 Å². The molecule has 0 unspecified atom stereocenters. The van der Waals surface area contributed by atoms with Gasteiger partial charge >= 0.3 is 0 Å². The fraction of sp³-hybridized carbons (Fsp3) is 0.476. The molecule has 3 aliphatic rings.